The molecule has 0 atom stereocenters. The minimum Gasteiger partial charge on any atom is -0.347 e. The van der Waals surface area contributed by atoms with Crippen LogP contribution in [0.3, 0.4) is 0 Å². The molecule has 31 heavy (non-hydrogen) atoms. The molecule has 162 valence electrons. The fourth-order valence-corrected chi connectivity index (χ4v) is 3.61. The van der Waals surface area contributed by atoms with Crippen molar-refractivity contribution in [2.45, 2.75) is 19.2 Å². The molecule has 0 fully saturated rings. The van der Waals surface area contributed by atoms with Gasteiger partial charge in [-0.25, -0.2) is 17.8 Å². The lowest BCUT2D eigenvalue weighted by molar-refractivity contribution is -0.384. The number of nitrogens with zero attached hydrogens (tertiary/aromatic N) is 4. The van der Waals surface area contributed by atoms with E-state index in [0.29, 0.717) is 16.9 Å². The SMILES string of the molecule is CNS(=O)(=O)Cc1ccc(CNC(=O)c2nnn(-c3cccc([N+](=O)[O-])c3)c2C)cc1. The standard InChI is InChI=1S/C19H20N6O5S/c1-13-18(22-23-24(13)16-4-3-5-17(10-16)25(27)28)19(26)21-11-14-6-8-15(9-7-14)12-31(29,30)20-2/h3-10,20H,11-12H2,1-2H3,(H,21,26). The van der Waals surface area contributed by atoms with Crippen molar-refractivity contribution < 1.29 is 18.1 Å². The van der Waals surface area contributed by atoms with E-state index in [-0.39, 0.29) is 23.7 Å². The Bertz CT molecular complexity index is 1220. The molecular formula is C19H20N6O5S. The van der Waals surface area contributed by atoms with Gasteiger partial charge in [-0.2, -0.15) is 0 Å². The highest BCUT2D eigenvalue weighted by atomic mass is 32.2. The van der Waals surface area contributed by atoms with Crippen molar-refractivity contribution >= 4 is 21.6 Å². The largest absolute Gasteiger partial charge is 0.347 e. The second kappa shape index (κ2) is 9.02. The topological polar surface area (TPSA) is 149 Å². The number of carbonyl (C=O) groups excluding carboxylic acids is 1. The van der Waals surface area contributed by atoms with E-state index < -0.39 is 20.9 Å². The summed E-state index contributed by atoms with van der Waals surface area (Å²) in [6.45, 7) is 1.85. The summed E-state index contributed by atoms with van der Waals surface area (Å²) < 4.78 is 26.8. The molecule has 11 nitrogen and oxygen atoms in total. The summed E-state index contributed by atoms with van der Waals surface area (Å²) in [5.74, 6) is -0.577. The Morgan fingerprint density at radius 2 is 1.84 bits per heavy atom. The van der Waals surface area contributed by atoms with Gasteiger partial charge in [0.15, 0.2) is 5.69 Å². The third kappa shape index (κ3) is 5.29. The molecule has 12 heteroatoms. The van der Waals surface area contributed by atoms with Gasteiger partial charge in [-0.3, -0.25) is 14.9 Å². The third-order valence-electron chi connectivity index (χ3n) is 4.54. The van der Waals surface area contributed by atoms with Gasteiger partial charge in [0.1, 0.15) is 0 Å². The Hall–Kier alpha value is -3.64. The first-order chi connectivity index (χ1) is 14.7. The predicted octanol–water partition coefficient (Wildman–Crippen LogP) is 1.46. The van der Waals surface area contributed by atoms with Crippen molar-refractivity contribution in [1.29, 1.82) is 0 Å². The lowest BCUT2D eigenvalue weighted by Crippen LogP contribution is -2.24. The zero-order valence-electron chi connectivity index (χ0n) is 16.8. The van der Waals surface area contributed by atoms with Gasteiger partial charge in [-0.1, -0.05) is 35.5 Å². The van der Waals surface area contributed by atoms with E-state index >= 15 is 0 Å². The van der Waals surface area contributed by atoms with Gasteiger partial charge in [0.05, 0.1) is 22.1 Å². The lowest BCUT2D eigenvalue weighted by Gasteiger charge is -2.07. The van der Waals surface area contributed by atoms with Gasteiger partial charge in [-0.15, -0.1) is 5.10 Å². The number of non-ortho nitro benzene ring substituents is 1. The van der Waals surface area contributed by atoms with E-state index in [1.165, 1.54) is 29.9 Å². The van der Waals surface area contributed by atoms with Crippen LogP contribution in [-0.2, 0) is 22.3 Å². The van der Waals surface area contributed by atoms with Crippen molar-refractivity contribution in [1.82, 2.24) is 25.0 Å². The van der Waals surface area contributed by atoms with Crippen LogP contribution < -0.4 is 10.0 Å². The molecule has 2 aromatic carbocycles. The van der Waals surface area contributed by atoms with Gasteiger partial charge >= 0.3 is 0 Å². The Balaban J connectivity index is 1.68. The number of benzene rings is 2. The van der Waals surface area contributed by atoms with Crippen molar-refractivity contribution in [3.8, 4) is 5.69 Å². The first kappa shape index (κ1) is 22.1. The molecule has 1 aromatic heterocycles. The van der Waals surface area contributed by atoms with Crippen molar-refractivity contribution in [3.63, 3.8) is 0 Å². The average Bonchev–Trinajstić information content (AvgIpc) is 3.14. The van der Waals surface area contributed by atoms with Crippen LogP contribution in [0.2, 0.25) is 0 Å². The second-order valence-electron chi connectivity index (χ2n) is 6.67. The Labute approximate surface area is 178 Å². The van der Waals surface area contributed by atoms with E-state index in [1.54, 1.807) is 37.3 Å². The molecule has 0 spiro atoms. The Kier molecular flexibility index (Phi) is 6.42. The minimum atomic E-state index is -3.35. The summed E-state index contributed by atoms with van der Waals surface area (Å²) in [5.41, 5.74) is 2.27. The highest BCUT2D eigenvalue weighted by Gasteiger charge is 2.18. The fraction of sp³-hybridized carbons (Fsp3) is 0.211. The summed E-state index contributed by atoms with van der Waals surface area (Å²) in [6, 6.07) is 12.7. The molecule has 0 aliphatic carbocycles. The molecule has 0 radical (unpaired) electrons. The van der Waals surface area contributed by atoms with Crippen LogP contribution in [0.5, 0.6) is 0 Å². The third-order valence-corrected chi connectivity index (χ3v) is 5.87. The summed E-state index contributed by atoms with van der Waals surface area (Å²) in [4.78, 5) is 23.0. The van der Waals surface area contributed by atoms with Gasteiger partial charge in [0, 0.05) is 18.7 Å². The van der Waals surface area contributed by atoms with Gasteiger partial charge < -0.3 is 5.32 Å². The zero-order valence-corrected chi connectivity index (χ0v) is 17.6. The average molecular weight is 444 g/mol. The molecule has 1 heterocycles. The maximum atomic E-state index is 12.5. The Morgan fingerprint density at radius 1 is 1.16 bits per heavy atom. The van der Waals surface area contributed by atoms with Gasteiger partial charge in [-0.05, 0) is 31.2 Å². The second-order valence-corrected chi connectivity index (χ2v) is 8.60. The number of carbonyl (C=O) groups is 1. The maximum Gasteiger partial charge on any atom is 0.274 e. The summed E-state index contributed by atoms with van der Waals surface area (Å²) in [6.07, 6.45) is 0. The van der Waals surface area contributed by atoms with Crippen LogP contribution in [0.4, 0.5) is 5.69 Å². The first-order valence-electron chi connectivity index (χ1n) is 9.14. The van der Waals surface area contributed by atoms with E-state index in [4.69, 9.17) is 0 Å². The number of aromatic nitrogens is 3. The predicted molar refractivity (Wildman–Crippen MR) is 112 cm³/mol. The Morgan fingerprint density at radius 3 is 2.48 bits per heavy atom. The summed E-state index contributed by atoms with van der Waals surface area (Å²) in [5, 5.41) is 21.5. The van der Waals surface area contributed by atoms with Crippen LogP contribution in [0.15, 0.2) is 48.5 Å². The number of hydrogen-bond acceptors (Lipinski definition) is 7. The maximum absolute atomic E-state index is 12.5. The monoisotopic (exact) mass is 444 g/mol. The van der Waals surface area contributed by atoms with Crippen LogP contribution in [-0.4, -0.2) is 41.3 Å². The highest BCUT2D eigenvalue weighted by molar-refractivity contribution is 7.88. The molecule has 0 saturated carbocycles. The quantitative estimate of drug-likeness (QED) is 0.394. The number of nitro benzene ring substituents is 1. The molecule has 0 saturated heterocycles. The zero-order chi connectivity index (χ0) is 22.6. The van der Waals surface area contributed by atoms with E-state index in [2.05, 4.69) is 20.4 Å². The molecule has 0 bridgehead atoms. The number of nitrogens with one attached hydrogen (secondary N) is 2. The van der Waals surface area contributed by atoms with Crippen LogP contribution in [0, 0.1) is 17.0 Å². The summed E-state index contributed by atoms with van der Waals surface area (Å²) in [7, 11) is -2.00. The van der Waals surface area contributed by atoms with E-state index in [0.717, 1.165) is 5.56 Å². The number of nitro groups is 1. The van der Waals surface area contributed by atoms with Crippen LogP contribution in [0.1, 0.15) is 27.3 Å². The molecule has 0 unspecified atom stereocenters. The summed E-state index contributed by atoms with van der Waals surface area (Å²) >= 11 is 0. The smallest absolute Gasteiger partial charge is 0.274 e. The number of hydrogen-bond donors (Lipinski definition) is 2. The van der Waals surface area contributed by atoms with Crippen molar-refractivity contribution in [2.24, 2.45) is 0 Å². The highest BCUT2D eigenvalue weighted by Crippen LogP contribution is 2.18. The fourth-order valence-electron chi connectivity index (χ4n) is 2.83. The van der Waals surface area contributed by atoms with Gasteiger partial charge in [0.25, 0.3) is 11.6 Å². The molecule has 3 rings (SSSR count). The van der Waals surface area contributed by atoms with Crippen molar-refractivity contribution in [2.75, 3.05) is 7.05 Å². The van der Waals surface area contributed by atoms with Crippen LogP contribution >= 0.6 is 0 Å². The number of rotatable bonds is 8. The molecule has 0 aliphatic heterocycles. The lowest BCUT2D eigenvalue weighted by atomic mass is 10.1. The van der Waals surface area contributed by atoms with Crippen LogP contribution in [0.25, 0.3) is 5.69 Å². The molecule has 3 aromatic rings. The van der Waals surface area contributed by atoms with Gasteiger partial charge in [0.2, 0.25) is 10.0 Å². The number of sulfonamides is 1. The minimum absolute atomic E-state index is 0.0932. The first-order valence-corrected chi connectivity index (χ1v) is 10.8. The normalized spacial score (nSPS) is 11.3. The van der Waals surface area contributed by atoms with E-state index in [1.807, 2.05) is 0 Å². The molecule has 1 amide bonds. The molecule has 2 N–H and O–H groups in total. The van der Waals surface area contributed by atoms with E-state index in [9.17, 15) is 23.3 Å². The molecular weight excluding hydrogens is 424 g/mol. The number of amides is 1. The molecule has 0 aliphatic rings. The van der Waals surface area contributed by atoms with Crippen molar-refractivity contribution in [3.05, 3.63) is 81.2 Å².